The number of piperazine rings is 1. The molecule has 1 aliphatic heterocycles. The first-order chi connectivity index (χ1) is 8.75. The third-order valence-corrected chi connectivity index (χ3v) is 4.93. The van der Waals surface area contributed by atoms with Crippen LogP contribution in [0.4, 0.5) is 0 Å². The van der Waals surface area contributed by atoms with E-state index in [4.69, 9.17) is 0 Å². The number of carboxylic acids is 1. The van der Waals surface area contributed by atoms with Crippen molar-refractivity contribution >= 4 is 5.97 Å². The lowest BCUT2D eigenvalue weighted by atomic mass is 9.83. The van der Waals surface area contributed by atoms with Crippen LogP contribution < -0.4 is 0 Å². The highest BCUT2D eigenvalue weighted by Gasteiger charge is 2.38. The minimum absolute atomic E-state index is 0.119. The quantitative estimate of drug-likeness (QED) is 0.825. The van der Waals surface area contributed by atoms with Crippen LogP contribution in [0.1, 0.15) is 38.5 Å². The van der Waals surface area contributed by atoms with Crippen molar-refractivity contribution in [1.82, 2.24) is 9.80 Å². The second-order valence-electron chi connectivity index (χ2n) is 6.10. The van der Waals surface area contributed by atoms with Gasteiger partial charge >= 0.3 is 5.97 Å². The second-order valence-corrected chi connectivity index (χ2v) is 6.10. The molecule has 3 rings (SSSR count). The van der Waals surface area contributed by atoms with Gasteiger partial charge in [-0.3, -0.25) is 14.6 Å². The zero-order valence-corrected chi connectivity index (χ0v) is 11.1. The number of nitrogens with zero attached hydrogens (tertiary/aromatic N) is 2. The Morgan fingerprint density at radius 2 is 1.50 bits per heavy atom. The van der Waals surface area contributed by atoms with Crippen LogP contribution in [0.2, 0.25) is 0 Å². The smallest absolute Gasteiger partial charge is 0.308 e. The van der Waals surface area contributed by atoms with Crippen molar-refractivity contribution in [1.29, 1.82) is 0 Å². The summed E-state index contributed by atoms with van der Waals surface area (Å²) in [5.41, 5.74) is 0. The van der Waals surface area contributed by atoms with E-state index in [9.17, 15) is 9.90 Å². The van der Waals surface area contributed by atoms with E-state index in [1.807, 2.05) is 0 Å². The van der Waals surface area contributed by atoms with Crippen molar-refractivity contribution in [3.05, 3.63) is 0 Å². The summed E-state index contributed by atoms with van der Waals surface area (Å²) in [6, 6.07) is 1.16. The average molecular weight is 252 g/mol. The fraction of sp³-hybridized carbons (Fsp3) is 0.929. The van der Waals surface area contributed by atoms with Gasteiger partial charge in [0.05, 0.1) is 5.92 Å². The van der Waals surface area contributed by atoms with E-state index >= 15 is 0 Å². The summed E-state index contributed by atoms with van der Waals surface area (Å²) < 4.78 is 0. The van der Waals surface area contributed by atoms with Crippen LogP contribution in [-0.4, -0.2) is 59.1 Å². The molecule has 2 atom stereocenters. The predicted octanol–water partition coefficient (Wildman–Crippen LogP) is 1.41. The fourth-order valence-electron chi connectivity index (χ4n) is 3.71. The molecule has 0 aromatic rings. The lowest BCUT2D eigenvalue weighted by Gasteiger charge is -2.43. The normalized spacial score (nSPS) is 35.6. The monoisotopic (exact) mass is 252 g/mol. The highest BCUT2D eigenvalue weighted by molar-refractivity contribution is 5.71. The van der Waals surface area contributed by atoms with Crippen molar-refractivity contribution in [2.75, 3.05) is 26.2 Å². The van der Waals surface area contributed by atoms with E-state index in [2.05, 4.69) is 9.80 Å². The van der Waals surface area contributed by atoms with E-state index in [1.165, 1.54) is 19.3 Å². The van der Waals surface area contributed by atoms with Gasteiger partial charge in [-0.2, -0.15) is 0 Å². The van der Waals surface area contributed by atoms with Gasteiger partial charge in [-0.25, -0.2) is 0 Å². The minimum atomic E-state index is -0.579. The summed E-state index contributed by atoms with van der Waals surface area (Å²) in [5.74, 6) is -0.699. The van der Waals surface area contributed by atoms with Gasteiger partial charge in [0.2, 0.25) is 0 Å². The molecular weight excluding hydrogens is 228 g/mol. The predicted molar refractivity (Wildman–Crippen MR) is 69.5 cm³/mol. The van der Waals surface area contributed by atoms with Gasteiger partial charge in [0.1, 0.15) is 0 Å². The molecule has 1 N–H and O–H groups in total. The zero-order valence-electron chi connectivity index (χ0n) is 11.1. The molecule has 0 spiro atoms. The Labute approximate surface area is 109 Å². The average Bonchev–Trinajstić information content (AvgIpc) is 3.23. The van der Waals surface area contributed by atoms with Gasteiger partial charge in [0.25, 0.3) is 0 Å². The fourth-order valence-corrected chi connectivity index (χ4v) is 3.71. The third kappa shape index (κ3) is 2.54. The van der Waals surface area contributed by atoms with Crippen LogP contribution in [0.5, 0.6) is 0 Å². The molecule has 4 heteroatoms. The molecule has 102 valence electrons. The Morgan fingerprint density at radius 3 is 2.11 bits per heavy atom. The Kier molecular flexibility index (Phi) is 3.57. The SMILES string of the molecule is O=C(O)C1CCCCC1N1CCN(C2CC2)CC1. The Hall–Kier alpha value is -0.610. The van der Waals surface area contributed by atoms with Crippen LogP contribution >= 0.6 is 0 Å². The molecule has 0 aromatic heterocycles. The summed E-state index contributed by atoms with van der Waals surface area (Å²) in [5, 5.41) is 9.35. The van der Waals surface area contributed by atoms with E-state index < -0.39 is 5.97 Å². The third-order valence-electron chi connectivity index (χ3n) is 4.93. The minimum Gasteiger partial charge on any atom is -0.481 e. The van der Waals surface area contributed by atoms with Gasteiger partial charge in [0.15, 0.2) is 0 Å². The van der Waals surface area contributed by atoms with Crippen LogP contribution in [0, 0.1) is 5.92 Å². The van der Waals surface area contributed by atoms with E-state index in [0.29, 0.717) is 6.04 Å². The molecule has 1 saturated heterocycles. The van der Waals surface area contributed by atoms with E-state index in [-0.39, 0.29) is 5.92 Å². The first kappa shape index (κ1) is 12.4. The van der Waals surface area contributed by atoms with Gasteiger partial charge in [-0.15, -0.1) is 0 Å². The van der Waals surface area contributed by atoms with E-state index in [1.54, 1.807) is 0 Å². The van der Waals surface area contributed by atoms with Crippen molar-refractivity contribution in [3.8, 4) is 0 Å². The number of hydrogen-bond acceptors (Lipinski definition) is 3. The number of carboxylic acid groups (broad SMARTS) is 1. The Morgan fingerprint density at radius 1 is 0.889 bits per heavy atom. The first-order valence-electron chi connectivity index (χ1n) is 7.46. The van der Waals surface area contributed by atoms with Gasteiger partial charge in [-0.05, 0) is 25.7 Å². The highest BCUT2D eigenvalue weighted by atomic mass is 16.4. The van der Waals surface area contributed by atoms with Crippen LogP contribution in [0.25, 0.3) is 0 Å². The van der Waals surface area contributed by atoms with Gasteiger partial charge in [0, 0.05) is 38.3 Å². The molecule has 0 amide bonds. The molecule has 2 unspecified atom stereocenters. The number of aliphatic carboxylic acids is 1. The van der Waals surface area contributed by atoms with Crippen molar-refractivity contribution in [2.45, 2.75) is 50.6 Å². The molecule has 0 radical (unpaired) electrons. The molecule has 2 saturated carbocycles. The number of carbonyl (C=O) groups is 1. The maximum Gasteiger partial charge on any atom is 0.308 e. The van der Waals surface area contributed by atoms with Crippen LogP contribution in [0.15, 0.2) is 0 Å². The summed E-state index contributed by atoms with van der Waals surface area (Å²) >= 11 is 0. The zero-order chi connectivity index (χ0) is 12.5. The van der Waals surface area contributed by atoms with Crippen LogP contribution in [-0.2, 0) is 4.79 Å². The molecular formula is C14H24N2O2. The Balaban J connectivity index is 1.57. The summed E-state index contributed by atoms with van der Waals surface area (Å²) in [6.07, 6.45) is 7.01. The first-order valence-corrected chi connectivity index (χ1v) is 7.46. The summed E-state index contributed by atoms with van der Waals surface area (Å²) in [6.45, 7) is 4.44. The summed E-state index contributed by atoms with van der Waals surface area (Å²) in [4.78, 5) is 16.4. The number of hydrogen-bond donors (Lipinski definition) is 1. The maximum atomic E-state index is 11.4. The van der Waals surface area contributed by atoms with Crippen molar-refractivity contribution in [2.24, 2.45) is 5.92 Å². The summed E-state index contributed by atoms with van der Waals surface area (Å²) in [7, 11) is 0. The lowest BCUT2D eigenvalue weighted by molar-refractivity contribution is -0.146. The van der Waals surface area contributed by atoms with Gasteiger partial charge < -0.3 is 5.11 Å². The molecule has 18 heavy (non-hydrogen) atoms. The number of rotatable bonds is 3. The molecule has 3 aliphatic rings. The van der Waals surface area contributed by atoms with Crippen molar-refractivity contribution < 1.29 is 9.90 Å². The molecule has 3 fully saturated rings. The van der Waals surface area contributed by atoms with Crippen LogP contribution in [0.3, 0.4) is 0 Å². The Bertz CT molecular complexity index is 309. The molecule has 1 heterocycles. The lowest BCUT2D eigenvalue weighted by Crippen LogP contribution is -2.54. The topological polar surface area (TPSA) is 43.8 Å². The van der Waals surface area contributed by atoms with Crippen molar-refractivity contribution in [3.63, 3.8) is 0 Å². The highest BCUT2D eigenvalue weighted by Crippen LogP contribution is 2.32. The molecule has 2 aliphatic carbocycles. The standard InChI is InChI=1S/C14H24N2O2/c17-14(18)12-3-1-2-4-13(12)16-9-7-15(8-10-16)11-5-6-11/h11-13H,1-10H2,(H,17,18). The molecule has 0 bridgehead atoms. The maximum absolute atomic E-state index is 11.4. The largest absolute Gasteiger partial charge is 0.481 e. The van der Waals surface area contributed by atoms with Gasteiger partial charge in [-0.1, -0.05) is 12.8 Å². The molecule has 0 aromatic carbocycles. The van der Waals surface area contributed by atoms with E-state index in [0.717, 1.165) is 51.5 Å². The molecule has 4 nitrogen and oxygen atoms in total. The second kappa shape index (κ2) is 5.17.